The fourth-order valence-corrected chi connectivity index (χ4v) is 3.64. The summed E-state index contributed by atoms with van der Waals surface area (Å²) in [7, 11) is 2.59. The first-order valence-corrected chi connectivity index (χ1v) is 9.58. The van der Waals surface area contributed by atoms with Crippen molar-refractivity contribution in [2.45, 2.75) is 12.5 Å². The van der Waals surface area contributed by atoms with Crippen LogP contribution in [0.15, 0.2) is 76.5 Å². The highest BCUT2D eigenvalue weighted by Gasteiger charge is 2.35. The summed E-state index contributed by atoms with van der Waals surface area (Å²) in [5.74, 6) is -2.07. The van der Waals surface area contributed by atoms with E-state index in [9.17, 15) is 14.0 Å². The summed E-state index contributed by atoms with van der Waals surface area (Å²) in [6.07, 6.45) is 3.29. The molecular formula is C22H19BrFNO4. The molecule has 0 saturated heterocycles. The number of halogens is 2. The van der Waals surface area contributed by atoms with E-state index in [1.807, 2.05) is 24.3 Å². The van der Waals surface area contributed by atoms with Crippen molar-refractivity contribution in [2.24, 2.45) is 0 Å². The lowest BCUT2D eigenvalue weighted by Gasteiger charge is -2.30. The zero-order valence-electron chi connectivity index (χ0n) is 15.9. The van der Waals surface area contributed by atoms with E-state index in [-0.39, 0.29) is 5.82 Å². The maximum absolute atomic E-state index is 13.2. The highest BCUT2D eigenvalue weighted by Crippen LogP contribution is 2.38. The van der Waals surface area contributed by atoms with E-state index in [0.717, 1.165) is 15.6 Å². The second-order valence-corrected chi connectivity index (χ2v) is 7.35. The number of ether oxygens (including phenoxy) is 2. The predicted octanol–water partition coefficient (Wildman–Crippen LogP) is 4.30. The van der Waals surface area contributed by atoms with E-state index in [2.05, 4.69) is 15.9 Å². The minimum absolute atomic E-state index is 0.301. The molecule has 0 N–H and O–H groups in total. The minimum Gasteiger partial charge on any atom is -0.466 e. The van der Waals surface area contributed by atoms with Crippen LogP contribution >= 0.6 is 15.9 Å². The Hall–Kier alpha value is -2.93. The number of carbonyl (C=O) groups excluding carboxylic acids is 2. The van der Waals surface area contributed by atoms with Gasteiger partial charge in [-0.3, -0.25) is 0 Å². The molecule has 29 heavy (non-hydrogen) atoms. The van der Waals surface area contributed by atoms with Gasteiger partial charge in [-0.15, -0.1) is 0 Å². The number of hydrogen-bond acceptors (Lipinski definition) is 5. The predicted molar refractivity (Wildman–Crippen MR) is 109 cm³/mol. The minimum atomic E-state index is -0.642. The molecule has 0 atom stereocenters. The van der Waals surface area contributed by atoms with Crippen molar-refractivity contribution in [2.75, 3.05) is 14.2 Å². The molecule has 0 bridgehead atoms. The summed E-state index contributed by atoms with van der Waals surface area (Å²) >= 11 is 3.43. The molecule has 0 unspecified atom stereocenters. The van der Waals surface area contributed by atoms with Gasteiger partial charge in [0.1, 0.15) is 5.82 Å². The van der Waals surface area contributed by atoms with Crippen molar-refractivity contribution < 1.29 is 23.5 Å². The van der Waals surface area contributed by atoms with Crippen molar-refractivity contribution in [3.8, 4) is 0 Å². The van der Waals surface area contributed by atoms with Crippen LogP contribution in [0.1, 0.15) is 17.0 Å². The topological polar surface area (TPSA) is 55.8 Å². The van der Waals surface area contributed by atoms with Crippen LogP contribution in [-0.4, -0.2) is 31.1 Å². The molecule has 0 radical (unpaired) electrons. The third-order valence-corrected chi connectivity index (χ3v) is 5.03. The van der Waals surface area contributed by atoms with Crippen molar-refractivity contribution in [1.29, 1.82) is 0 Å². The van der Waals surface area contributed by atoms with Gasteiger partial charge in [0.25, 0.3) is 0 Å². The van der Waals surface area contributed by atoms with E-state index in [4.69, 9.17) is 9.47 Å². The highest BCUT2D eigenvalue weighted by molar-refractivity contribution is 9.10. The van der Waals surface area contributed by atoms with Crippen LogP contribution in [0.25, 0.3) is 0 Å². The molecule has 1 aliphatic rings. The van der Waals surface area contributed by atoms with Crippen molar-refractivity contribution >= 4 is 27.9 Å². The first-order chi connectivity index (χ1) is 13.9. The SMILES string of the molecule is COC(=O)C1=CN(Cc2ccc(F)cc2)C=C(C(=O)OC)C1c1cccc(Br)c1. The molecule has 2 aromatic rings. The fraction of sp³-hybridized carbons (Fsp3) is 0.182. The Morgan fingerprint density at radius 2 is 1.59 bits per heavy atom. The molecule has 0 saturated carbocycles. The van der Waals surface area contributed by atoms with Gasteiger partial charge >= 0.3 is 11.9 Å². The van der Waals surface area contributed by atoms with E-state index in [1.165, 1.54) is 26.4 Å². The molecule has 0 spiro atoms. The highest BCUT2D eigenvalue weighted by atomic mass is 79.9. The van der Waals surface area contributed by atoms with E-state index in [1.54, 1.807) is 29.4 Å². The lowest BCUT2D eigenvalue weighted by atomic mass is 9.83. The largest absolute Gasteiger partial charge is 0.466 e. The van der Waals surface area contributed by atoms with E-state index >= 15 is 0 Å². The summed E-state index contributed by atoms with van der Waals surface area (Å²) in [6.45, 7) is 0.340. The van der Waals surface area contributed by atoms with Gasteiger partial charge < -0.3 is 14.4 Å². The molecule has 1 aliphatic heterocycles. The van der Waals surface area contributed by atoms with Gasteiger partial charge in [0, 0.05) is 23.4 Å². The number of benzene rings is 2. The Balaban J connectivity index is 2.07. The summed E-state index contributed by atoms with van der Waals surface area (Å²) < 4.78 is 24.0. The Morgan fingerprint density at radius 3 is 2.10 bits per heavy atom. The molecule has 0 fully saturated rings. The molecule has 7 heteroatoms. The lowest BCUT2D eigenvalue weighted by molar-refractivity contribution is -0.137. The van der Waals surface area contributed by atoms with Crippen molar-refractivity contribution in [1.82, 2.24) is 4.90 Å². The number of carbonyl (C=O) groups is 2. The average Bonchev–Trinajstić information content (AvgIpc) is 2.73. The Morgan fingerprint density at radius 1 is 1.00 bits per heavy atom. The maximum atomic E-state index is 13.2. The molecule has 5 nitrogen and oxygen atoms in total. The van der Waals surface area contributed by atoms with Gasteiger partial charge in [-0.25, -0.2) is 14.0 Å². The Kier molecular flexibility index (Phi) is 6.49. The molecule has 0 amide bonds. The molecule has 0 aromatic heterocycles. The quantitative estimate of drug-likeness (QED) is 0.623. The van der Waals surface area contributed by atoms with Crippen LogP contribution in [0.2, 0.25) is 0 Å². The molecule has 2 aromatic carbocycles. The van der Waals surface area contributed by atoms with Crippen molar-refractivity contribution in [3.63, 3.8) is 0 Å². The average molecular weight is 460 g/mol. The van der Waals surface area contributed by atoms with Crippen LogP contribution in [-0.2, 0) is 25.6 Å². The van der Waals surface area contributed by atoms with Crippen LogP contribution in [0, 0.1) is 5.82 Å². The van der Waals surface area contributed by atoms with Gasteiger partial charge in [0.15, 0.2) is 0 Å². The van der Waals surface area contributed by atoms with Gasteiger partial charge in [0.05, 0.1) is 31.3 Å². The number of rotatable bonds is 5. The zero-order chi connectivity index (χ0) is 21.0. The van der Waals surface area contributed by atoms with Crippen LogP contribution in [0.3, 0.4) is 0 Å². The van der Waals surface area contributed by atoms with Gasteiger partial charge in [-0.2, -0.15) is 0 Å². The number of nitrogens with zero attached hydrogens (tertiary/aromatic N) is 1. The summed E-state index contributed by atoms with van der Waals surface area (Å²) in [5.41, 5.74) is 2.16. The van der Waals surface area contributed by atoms with Crippen molar-refractivity contribution in [3.05, 3.63) is 93.5 Å². The number of esters is 2. The fourth-order valence-electron chi connectivity index (χ4n) is 3.23. The van der Waals surface area contributed by atoms with E-state index < -0.39 is 17.9 Å². The second-order valence-electron chi connectivity index (χ2n) is 6.44. The molecular weight excluding hydrogens is 441 g/mol. The van der Waals surface area contributed by atoms with Crippen LogP contribution in [0.4, 0.5) is 4.39 Å². The zero-order valence-corrected chi connectivity index (χ0v) is 17.5. The van der Waals surface area contributed by atoms with E-state index in [0.29, 0.717) is 17.7 Å². The monoisotopic (exact) mass is 459 g/mol. The molecule has 150 valence electrons. The molecule has 3 rings (SSSR count). The maximum Gasteiger partial charge on any atom is 0.336 e. The summed E-state index contributed by atoms with van der Waals surface area (Å²) in [5, 5.41) is 0. The van der Waals surface area contributed by atoms with Gasteiger partial charge in [-0.1, -0.05) is 40.2 Å². The number of methoxy groups -OCH3 is 2. The van der Waals surface area contributed by atoms with Crippen LogP contribution < -0.4 is 0 Å². The third-order valence-electron chi connectivity index (χ3n) is 4.53. The van der Waals surface area contributed by atoms with Crippen LogP contribution in [0.5, 0.6) is 0 Å². The Labute approximate surface area is 176 Å². The standard InChI is InChI=1S/C22H19BrFNO4/c1-28-21(26)18-12-25(11-14-6-8-17(24)9-7-14)13-19(22(27)29-2)20(18)15-4-3-5-16(23)10-15/h3-10,12-13,20H,11H2,1-2H3. The molecule has 1 heterocycles. The smallest absolute Gasteiger partial charge is 0.336 e. The molecule has 0 aliphatic carbocycles. The Bertz CT molecular complexity index is 951. The first kappa shape index (κ1) is 20.8. The van der Waals surface area contributed by atoms with Gasteiger partial charge in [0.2, 0.25) is 0 Å². The first-order valence-electron chi connectivity index (χ1n) is 8.78. The lowest BCUT2D eigenvalue weighted by Crippen LogP contribution is -2.28. The van der Waals surface area contributed by atoms with Gasteiger partial charge in [-0.05, 0) is 35.4 Å². The second kappa shape index (κ2) is 9.05. The summed E-state index contributed by atoms with van der Waals surface area (Å²) in [4.78, 5) is 26.8. The number of hydrogen-bond donors (Lipinski definition) is 0. The summed E-state index contributed by atoms with van der Waals surface area (Å²) in [6, 6.07) is 13.4. The normalized spacial score (nSPS) is 14.1. The third kappa shape index (κ3) is 4.74.